The first-order chi connectivity index (χ1) is 6.99. The molecule has 1 aromatic carbocycles. The van der Waals surface area contributed by atoms with Crippen molar-refractivity contribution in [1.82, 2.24) is 0 Å². The lowest BCUT2D eigenvalue weighted by molar-refractivity contribution is 0.450. The third-order valence-corrected chi connectivity index (χ3v) is 1.22. The van der Waals surface area contributed by atoms with Crippen LogP contribution in [0.5, 0.6) is 0 Å². The Kier molecular flexibility index (Phi) is 4.83. The van der Waals surface area contributed by atoms with Gasteiger partial charge in [0, 0.05) is 13.0 Å². The molecule has 15 heavy (non-hydrogen) atoms. The monoisotopic (exact) mass is 216 g/mol. The predicted octanol–water partition coefficient (Wildman–Crippen LogP) is 2.64. The quantitative estimate of drug-likeness (QED) is 0.494. The van der Waals surface area contributed by atoms with Crippen LogP contribution < -0.4 is 0 Å². The highest BCUT2D eigenvalue weighted by atomic mass is 19.2. The van der Waals surface area contributed by atoms with Crippen molar-refractivity contribution >= 4 is 0 Å². The fraction of sp³-hybridized carbons (Fsp3) is 0.111. The summed E-state index contributed by atoms with van der Waals surface area (Å²) >= 11 is 0. The summed E-state index contributed by atoms with van der Waals surface area (Å²) < 4.78 is 49.4. The second-order valence-corrected chi connectivity index (χ2v) is 2.18. The van der Waals surface area contributed by atoms with Crippen LogP contribution in [-0.2, 0) is 0 Å². The molecular weight excluding hydrogens is 212 g/mol. The highest BCUT2D eigenvalue weighted by molar-refractivity contribution is 5.33. The van der Waals surface area contributed by atoms with Crippen LogP contribution >= 0.6 is 0 Å². The maximum absolute atomic E-state index is 12.4. The maximum Gasteiger partial charge on any atom is 0.179 e. The van der Waals surface area contributed by atoms with Crippen LogP contribution in [0.25, 0.3) is 0 Å². The summed E-state index contributed by atoms with van der Waals surface area (Å²) in [6, 6.07) is 2.81. The van der Waals surface area contributed by atoms with E-state index in [4.69, 9.17) is 10.5 Å². The molecule has 0 aliphatic rings. The standard InChI is InChI=1S/C7HF4N.C2H3N/c8-4-1-5(9)7(11)3(2-12)6(4)10;1-2-3/h1H;1H3. The van der Waals surface area contributed by atoms with Crippen molar-refractivity contribution in [3.05, 3.63) is 34.9 Å². The summed E-state index contributed by atoms with van der Waals surface area (Å²) in [6.45, 7) is 1.43. The average molecular weight is 216 g/mol. The first kappa shape index (κ1) is 12.9. The zero-order chi connectivity index (χ0) is 12.0. The fourth-order valence-electron chi connectivity index (χ4n) is 0.671. The van der Waals surface area contributed by atoms with Crippen LogP contribution in [0.1, 0.15) is 12.5 Å². The van der Waals surface area contributed by atoms with Crippen LogP contribution in [0.3, 0.4) is 0 Å². The number of nitrogens with zero attached hydrogens (tertiary/aromatic N) is 2. The number of nitriles is 2. The van der Waals surface area contributed by atoms with Gasteiger partial charge in [0.15, 0.2) is 23.3 Å². The molecule has 0 unspecified atom stereocenters. The minimum Gasteiger partial charge on any atom is -0.204 e. The van der Waals surface area contributed by atoms with Gasteiger partial charge in [-0.05, 0) is 0 Å². The molecule has 0 saturated heterocycles. The summed E-state index contributed by atoms with van der Waals surface area (Å²) in [5.74, 6) is -6.50. The molecular formula is C9H4F4N2. The van der Waals surface area contributed by atoms with Gasteiger partial charge >= 0.3 is 0 Å². The van der Waals surface area contributed by atoms with E-state index in [1.54, 1.807) is 6.07 Å². The highest BCUT2D eigenvalue weighted by Crippen LogP contribution is 2.17. The summed E-state index contributed by atoms with van der Waals surface area (Å²) in [4.78, 5) is 0. The van der Waals surface area contributed by atoms with Crippen molar-refractivity contribution < 1.29 is 17.6 Å². The molecule has 0 fully saturated rings. The van der Waals surface area contributed by atoms with E-state index in [0.29, 0.717) is 0 Å². The maximum atomic E-state index is 12.4. The molecule has 0 spiro atoms. The van der Waals surface area contributed by atoms with Crippen LogP contribution in [-0.4, -0.2) is 0 Å². The molecule has 0 saturated carbocycles. The molecule has 78 valence electrons. The average Bonchev–Trinajstić information content (AvgIpc) is 2.17. The Balaban J connectivity index is 0.000000583. The molecule has 0 heterocycles. The van der Waals surface area contributed by atoms with Crippen molar-refractivity contribution in [2.75, 3.05) is 0 Å². The SMILES string of the molecule is CC#N.N#Cc1c(F)c(F)cc(F)c1F. The lowest BCUT2D eigenvalue weighted by Gasteiger charge is -1.97. The first-order valence-electron chi connectivity index (χ1n) is 3.53. The minimum atomic E-state index is -1.67. The Morgan fingerprint density at radius 1 is 1.00 bits per heavy atom. The van der Waals surface area contributed by atoms with Crippen molar-refractivity contribution in [3.63, 3.8) is 0 Å². The Hall–Kier alpha value is -2.08. The van der Waals surface area contributed by atoms with Crippen LogP contribution in [0, 0.1) is 45.9 Å². The van der Waals surface area contributed by atoms with E-state index < -0.39 is 28.8 Å². The smallest absolute Gasteiger partial charge is 0.179 e. The molecule has 0 N–H and O–H groups in total. The third-order valence-electron chi connectivity index (χ3n) is 1.22. The molecule has 0 aliphatic carbocycles. The van der Waals surface area contributed by atoms with E-state index in [1.165, 1.54) is 6.92 Å². The van der Waals surface area contributed by atoms with Gasteiger partial charge in [-0.15, -0.1) is 0 Å². The Morgan fingerprint density at radius 3 is 1.60 bits per heavy atom. The van der Waals surface area contributed by atoms with E-state index in [1.807, 2.05) is 0 Å². The predicted molar refractivity (Wildman–Crippen MR) is 42.3 cm³/mol. The first-order valence-corrected chi connectivity index (χ1v) is 3.53. The van der Waals surface area contributed by atoms with Crippen LogP contribution in [0.2, 0.25) is 0 Å². The molecule has 0 atom stereocenters. The van der Waals surface area contributed by atoms with Gasteiger partial charge in [-0.3, -0.25) is 0 Å². The molecule has 6 heteroatoms. The van der Waals surface area contributed by atoms with Gasteiger partial charge in [-0.1, -0.05) is 0 Å². The van der Waals surface area contributed by atoms with Gasteiger partial charge in [0.05, 0.1) is 6.07 Å². The second kappa shape index (κ2) is 5.61. The summed E-state index contributed by atoms with van der Waals surface area (Å²) in [5.41, 5.74) is -1.24. The number of hydrogen-bond acceptors (Lipinski definition) is 2. The van der Waals surface area contributed by atoms with Gasteiger partial charge in [0.25, 0.3) is 0 Å². The molecule has 0 aromatic heterocycles. The fourth-order valence-corrected chi connectivity index (χ4v) is 0.671. The van der Waals surface area contributed by atoms with Gasteiger partial charge in [-0.25, -0.2) is 17.6 Å². The van der Waals surface area contributed by atoms with Crippen molar-refractivity contribution in [2.24, 2.45) is 0 Å². The van der Waals surface area contributed by atoms with Crippen molar-refractivity contribution in [3.8, 4) is 12.1 Å². The van der Waals surface area contributed by atoms with E-state index >= 15 is 0 Å². The van der Waals surface area contributed by atoms with E-state index in [2.05, 4.69) is 0 Å². The lowest BCUT2D eigenvalue weighted by atomic mass is 10.2. The Labute approximate surface area is 83.0 Å². The van der Waals surface area contributed by atoms with Crippen LogP contribution in [0.15, 0.2) is 6.07 Å². The summed E-state index contributed by atoms with van der Waals surface area (Å²) in [6.07, 6.45) is 0. The minimum absolute atomic E-state index is 0.0471. The largest absolute Gasteiger partial charge is 0.204 e. The molecule has 0 amide bonds. The molecule has 0 bridgehead atoms. The van der Waals surface area contributed by atoms with Crippen LogP contribution in [0.4, 0.5) is 17.6 Å². The Bertz CT molecular complexity index is 417. The second-order valence-electron chi connectivity index (χ2n) is 2.18. The van der Waals surface area contributed by atoms with Crippen molar-refractivity contribution in [2.45, 2.75) is 6.92 Å². The third kappa shape index (κ3) is 2.96. The summed E-state index contributed by atoms with van der Waals surface area (Å²) in [7, 11) is 0. The normalized spacial score (nSPS) is 8.20. The number of rotatable bonds is 0. The van der Waals surface area contributed by atoms with Gasteiger partial charge in [-0.2, -0.15) is 10.5 Å². The van der Waals surface area contributed by atoms with Crippen molar-refractivity contribution in [1.29, 1.82) is 10.5 Å². The molecule has 2 nitrogen and oxygen atoms in total. The van der Waals surface area contributed by atoms with E-state index in [-0.39, 0.29) is 6.07 Å². The number of benzene rings is 1. The summed E-state index contributed by atoms with van der Waals surface area (Å²) in [5, 5.41) is 15.4. The number of hydrogen-bond donors (Lipinski definition) is 0. The number of halogens is 4. The Morgan fingerprint density at radius 2 is 1.33 bits per heavy atom. The van der Waals surface area contributed by atoms with E-state index in [9.17, 15) is 17.6 Å². The topological polar surface area (TPSA) is 47.6 Å². The molecule has 1 aromatic rings. The molecule has 1 rings (SSSR count). The lowest BCUT2D eigenvalue weighted by Crippen LogP contribution is -1.98. The van der Waals surface area contributed by atoms with Gasteiger partial charge < -0.3 is 0 Å². The highest BCUT2D eigenvalue weighted by Gasteiger charge is 2.18. The zero-order valence-corrected chi connectivity index (χ0v) is 7.48. The zero-order valence-electron chi connectivity index (χ0n) is 7.48. The van der Waals surface area contributed by atoms with Gasteiger partial charge in [0.1, 0.15) is 11.6 Å². The van der Waals surface area contributed by atoms with E-state index in [0.717, 1.165) is 6.07 Å². The molecule has 0 aliphatic heterocycles. The molecule has 0 radical (unpaired) electrons. The van der Waals surface area contributed by atoms with Gasteiger partial charge in [0.2, 0.25) is 0 Å².